The quantitative estimate of drug-likeness (QED) is 0.763. The maximum absolute atomic E-state index is 12.3. The molecule has 0 radical (unpaired) electrons. The third-order valence-corrected chi connectivity index (χ3v) is 4.61. The van der Waals surface area contributed by atoms with Crippen LogP contribution in [0.1, 0.15) is 32.0 Å². The summed E-state index contributed by atoms with van der Waals surface area (Å²) in [6.07, 6.45) is 6.44. The van der Waals surface area contributed by atoms with Crippen LogP contribution in [0.2, 0.25) is 0 Å². The number of likely N-dealkylation sites (tertiary alicyclic amines) is 1. The number of hydrogen-bond donors (Lipinski definition) is 0. The molecule has 2 heterocycles. The lowest BCUT2D eigenvalue weighted by Gasteiger charge is -2.38. The van der Waals surface area contributed by atoms with Gasteiger partial charge in [0.25, 0.3) is 0 Å². The molecule has 6 heteroatoms. The van der Waals surface area contributed by atoms with Crippen LogP contribution in [0.25, 0.3) is 0 Å². The van der Waals surface area contributed by atoms with E-state index in [9.17, 15) is 4.79 Å². The standard InChI is InChI=1S/C16H28N4O2/c1-5-19-10-8-17-14(19)12-20-9-6-7-16(20,13-22-4)11-15(21)18(2)3/h8,10H,5-7,9,11-13H2,1-4H3. The summed E-state index contributed by atoms with van der Waals surface area (Å²) in [4.78, 5) is 20.8. The molecule has 1 aromatic heterocycles. The molecule has 0 spiro atoms. The van der Waals surface area contributed by atoms with Gasteiger partial charge < -0.3 is 14.2 Å². The van der Waals surface area contributed by atoms with E-state index >= 15 is 0 Å². The van der Waals surface area contributed by atoms with Crippen LogP contribution in [0.3, 0.4) is 0 Å². The number of ether oxygens (including phenoxy) is 1. The minimum absolute atomic E-state index is 0.155. The number of aryl methyl sites for hydroxylation is 1. The Labute approximate surface area is 133 Å². The molecule has 0 saturated carbocycles. The third kappa shape index (κ3) is 3.50. The highest BCUT2D eigenvalue weighted by Gasteiger charge is 2.43. The summed E-state index contributed by atoms with van der Waals surface area (Å²) in [5.74, 6) is 1.21. The molecule has 0 bridgehead atoms. The molecule has 0 aliphatic carbocycles. The van der Waals surface area contributed by atoms with Gasteiger partial charge in [0.05, 0.1) is 18.7 Å². The summed E-state index contributed by atoms with van der Waals surface area (Å²) in [7, 11) is 5.34. The van der Waals surface area contributed by atoms with Gasteiger partial charge in [0.2, 0.25) is 5.91 Å². The maximum Gasteiger partial charge on any atom is 0.224 e. The maximum atomic E-state index is 12.3. The van der Waals surface area contributed by atoms with Crippen molar-refractivity contribution in [3.8, 4) is 0 Å². The van der Waals surface area contributed by atoms with E-state index in [-0.39, 0.29) is 11.4 Å². The molecule has 0 aromatic carbocycles. The van der Waals surface area contributed by atoms with E-state index in [2.05, 4.69) is 21.4 Å². The second kappa shape index (κ2) is 7.24. The van der Waals surface area contributed by atoms with Crippen molar-refractivity contribution in [3.05, 3.63) is 18.2 Å². The number of carbonyl (C=O) groups is 1. The van der Waals surface area contributed by atoms with Gasteiger partial charge in [0.15, 0.2) is 0 Å². The van der Waals surface area contributed by atoms with Crippen molar-refractivity contribution in [1.82, 2.24) is 19.4 Å². The van der Waals surface area contributed by atoms with Crippen molar-refractivity contribution >= 4 is 5.91 Å². The first kappa shape index (κ1) is 17.0. The first-order valence-corrected chi connectivity index (χ1v) is 7.96. The van der Waals surface area contributed by atoms with Crippen LogP contribution in [0.15, 0.2) is 12.4 Å². The van der Waals surface area contributed by atoms with E-state index in [0.29, 0.717) is 13.0 Å². The Kier molecular flexibility index (Phi) is 5.58. The first-order valence-electron chi connectivity index (χ1n) is 7.96. The van der Waals surface area contributed by atoms with Crippen molar-refractivity contribution in [2.45, 2.75) is 44.8 Å². The minimum atomic E-state index is -0.208. The molecule has 1 unspecified atom stereocenters. The molecular weight excluding hydrogens is 280 g/mol. The lowest BCUT2D eigenvalue weighted by Crippen LogP contribution is -2.50. The first-order chi connectivity index (χ1) is 10.5. The van der Waals surface area contributed by atoms with Gasteiger partial charge in [-0.2, -0.15) is 0 Å². The van der Waals surface area contributed by atoms with Gasteiger partial charge in [-0.25, -0.2) is 4.98 Å². The average Bonchev–Trinajstić information content (AvgIpc) is 3.07. The van der Waals surface area contributed by atoms with Crippen molar-refractivity contribution in [1.29, 1.82) is 0 Å². The minimum Gasteiger partial charge on any atom is -0.383 e. The number of nitrogens with zero attached hydrogens (tertiary/aromatic N) is 4. The number of hydrogen-bond acceptors (Lipinski definition) is 4. The molecular formula is C16H28N4O2. The van der Waals surface area contributed by atoms with Crippen LogP contribution in [0.5, 0.6) is 0 Å². The largest absolute Gasteiger partial charge is 0.383 e. The number of methoxy groups -OCH3 is 1. The summed E-state index contributed by atoms with van der Waals surface area (Å²) in [6, 6.07) is 0. The van der Waals surface area contributed by atoms with E-state index in [0.717, 1.165) is 38.3 Å². The molecule has 6 nitrogen and oxygen atoms in total. The van der Waals surface area contributed by atoms with Gasteiger partial charge in [0.1, 0.15) is 5.82 Å². The number of aromatic nitrogens is 2. The molecule has 0 N–H and O–H groups in total. The number of imidazole rings is 1. The Morgan fingerprint density at radius 3 is 2.91 bits per heavy atom. The summed E-state index contributed by atoms with van der Waals surface area (Å²) >= 11 is 0. The van der Waals surface area contributed by atoms with Gasteiger partial charge in [0, 0.05) is 46.6 Å². The monoisotopic (exact) mass is 308 g/mol. The molecule has 1 saturated heterocycles. The second-order valence-corrected chi connectivity index (χ2v) is 6.28. The topological polar surface area (TPSA) is 50.6 Å². The van der Waals surface area contributed by atoms with Gasteiger partial charge in [-0.1, -0.05) is 0 Å². The number of carbonyl (C=O) groups excluding carboxylic acids is 1. The fourth-order valence-electron chi connectivity index (χ4n) is 3.31. The number of amides is 1. The highest BCUT2D eigenvalue weighted by atomic mass is 16.5. The summed E-state index contributed by atoms with van der Waals surface area (Å²) in [5, 5.41) is 0. The predicted molar refractivity (Wildman–Crippen MR) is 85.5 cm³/mol. The molecule has 2 rings (SSSR count). The SMILES string of the molecule is CCn1ccnc1CN1CCCC1(COC)CC(=O)N(C)C. The fourth-order valence-corrected chi connectivity index (χ4v) is 3.31. The lowest BCUT2D eigenvalue weighted by molar-refractivity contribution is -0.132. The van der Waals surface area contributed by atoms with Crippen LogP contribution < -0.4 is 0 Å². The Balaban J connectivity index is 2.18. The van der Waals surface area contributed by atoms with Crippen LogP contribution in [0.4, 0.5) is 0 Å². The van der Waals surface area contributed by atoms with Crippen molar-refractivity contribution in [3.63, 3.8) is 0 Å². The third-order valence-electron chi connectivity index (χ3n) is 4.61. The molecule has 1 atom stereocenters. The van der Waals surface area contributed by atoms with Crippen molar-refractivity contribution < 1.29 is 9.53 Å². The molecule has 22 heavy (non-hydrogen) atoms. The number of rotatable bonds is 7. The van der Waals surface area contributed by atoms with E-state index in [1.807, 2.05) is 26.5 Å². The highest BCUT2D eigenvalue weighted by molar-refractivity contribution is 5.77. The zero-order valence-corrected chi connectivity index (χ0v) is 14.2. The van der Waals surface area contributed by atoms with Gasteiger partial charge in [-0.15, -0.1) is 0 Å². The highest BCUT2D eigenvalue weighted by Crippen LogP contribution is 2.34. The zero-order chi connectivity index (χ0) is 16.2. The summed E-state index contributed by atoms with van der Waals surface area (Å²) < 4.78 is 7.63. The van der Waals surface area contributed by atoms with Crippen LogP contribution in [-0.2, 0) is 22.6 Å². The van der Waals surface area contributed by atoms with Crippen molar-refractivity contribution in [2.75, 3.05) is 34.4 Å². The fraction of sp³-hybridized carbons (Fsp3) is 0.750. The Morgan fingerprint density at radius 1 is 1.50 bits per heavy atom. The van der Waals surface area contributed by atoms with Crippen LogP contribution in [-0.4, -0.2) is 65.2 Å². The Bertz CT molecular complexity index is 500. The molecule has 1 amide bonds. The lowest BCUT2D eigenvalue weighted by atomic mass is 9.92. The Morgan fingerprint density at radius 2 is 2.27 bits per heavy atom. The predicted octanol–water partition coefficient (Wildman–Crippen LogP) is 1.36. The normalized spacial score (nSPS) is 22.2. The van der Waals surface area contributed by atoms with Gasteiger partial charge >= 0.3 is 0 Å². The average molecular weight is 308 g/mol. The molecule has 1 aliphatic rings. The molecule has 1 aliphatic heterocycles. The van der Waals surface area contributed by atoms with E-state index in [1.165, 1.54) is 0 Å². The van der Waals surface area contributed by atoms with Crippen LogP contribution >= 0.6 is 0 Å². The summed E-state index contributed by atoms with van der Waals surface area (Å²) in [5.41, 5.74) is -0.208. The second-order valence-electron chi connectivity index (χ2n) is 6.28. The van der Waals surface area contributed by atoms with Gasteiger partial charge in [-0.05, 0) is 26.3 Å². The van der Waals surface area contributed by atoms with E-state index < -0.39 is 0 Å². The zero-order valence-electron chi connectivity index (χ0n) is 14.2. The van der Waals surface area contributed by atoms with E-state index in [4.69, 9.17) is 4.74 Å². The van der Waals surface area contributed by atoms with Crippen molar-refractivity contribution in [2.24, 2.45) is 0 Å². The Hall–Kier alpha value is -1.40. The smallest absolute Gasteiger partial charge is 0.224 e. The molecule has 1 fully saturated rings. The van der Waals surface area contributed by atoms with Gasteiger partial charge in [-0.3, -0.25) is 9.69 Å². The van der Waals surface area contributed by atoms with Crippen LogP contribution in [0, 0.1) is 0 Å². The molecule has 1 aromatic rings. The molecule has 124 valence electrons. The summed E-state index contributed by atoms with van der Waals surface area (Å²) in [6.45, 7) is 5.37. The van der Waals surface area contributed by atoms with E-state index in [1.54, 1.807) is 12.0 Å².